The van der Waals surface area contributed by atoms with Crippen molar-refractivity contribution in [2.45, 2.75) is 32.7 Å². The molecular weight excluding hydrogens is 260 g/mol. The van der Waals surface area contributed by atoms with Crippen molar-refractivity contribution >= 4 is 12.0 Å². The fourth-order valence-electron chi connectivity index (χ4n) is 2.80. The molecule has 0 bridgehead atoms. The minimum atomic E-state index is -0.898. The summed E-state index contributed by atoms with van der Waals surface area (Å²) in [5, 5.41) is 12.1. The first-order chi connectivity index (χ1) is 9.54. The van der Waals surface area contributed by atoms with E-state index in [2.05, 4.69) is 12.2 Å². The number of nitrogens with zero attached hydrogens (tertiary/aromatic N) is 1. The van der Waals surface area contributed by atoms with Crippen LogP contribution in [0.2, 0.25) is 0 Å². The smallest absolute Gasteiger partial charge is 0.317 e. The van der Waals surface area contributed by atoms with Crippen LogP contribution in [0.4, 0.5) is 4.79 Å². The maximum absolute atomic E-state index is 12.2. The highest BCUT2D eigenvalue weighted by Crippen LogP contribution is 2.36. The first kappa shape index (κ1) is 15.1. The fourth-order valence-corrected chi connectivity index (χ4v) is 2.80. The Hall–Kier alpha value is -1.30. The molecule has 2 rings (SSSR count). The van der Waals surface area contributed by atoms with Crippen LogP contribution in [0.25, 0.3) is 0 Å². The van der Waals surface area contributed by atoms with Gasteiger partial charge in [0.2, 0.25) is 0 Å². The minimum absolute atomic E-state index is 0.179. The molecule has 1 heterocycles. The van der Waals surface area contributed by atoms with Gasteiger partial charge in [0.15, 0.2) is 0 Å². The number of carboxylic acid groups (broad SMARTS) is 1. The number of ether oxygens (including phenoxy) is 1. The molecule has 2 N–H and O–H groups in total. The molecular formula is C14H24N2O4. The molecule has 0 aromatic rings. The van der Waals surface area contributed by atoms with Gasteiger partial charge in [-0.1, -0.05) is 6.92 Å². The Bertz CT molecular complexity index is 370. The van der Waals surface area contributed by atoms with Crippen LogP contribution < -0.4 is 5.32 Å². The van der Waals surface area contributed by atoms with Gasteiger partial charge in [0.05, 0.1) is 19.3 Å². The summed E-state index contributed by atoms with van der Waals surface area (Å²) in [6, 6.07) is -0.546. The van der Waals surface area contributed by atoms with Crippen molar-refractivity contribution in [3.05, 3.63) is 0 Å². The van der Waals surface area contributed by atoms with Crippen LogP contribution in [0.15, 0.2) is 0 Å². The molecule has 1 aliphatic heterocycles. The summed E-state index contributed by atoms with van der Waals surface area (Å²) in [6.07, 6.45) is 2.51. The zero-order chi connectivity index (χ0) is 14.7. The molecule has 0 spiro atoms. The lowest BCUT2D eigenvalue weighted by Gasteiger charge is -2.29. The average molecular weight is 284 g/mol. The summed E-state index contributed by atoms with van der Waals surface area (Å²) < 4.78 is 5.24. The summed E-state index contributed by atoms with van der Waals surface area (Å²) in [4.78, 5) is 25.0. The highest BCUT2D eigenvalue weighted by Gasteiger charge is 2.39. The van der Waals surface area contributed by atoms with E-state index in [1.54, 1.807) is 4.90 Å². The third-order valence-corrected chi connectivity index (χ3v) is 4.37. The minimum Gasteiger partial charge on any atom is -0.481 e. The quantitative estimate of drug-likeness (QED) is 0.767. The number of carbonyl (C=O) groups excluding carboxylic acids is 1. The van der Waals surface area contributed by atoms with Gasteiger partial charge < -0.3 is 20.1 Å². The Labute approximate surface area is 119 Å². The second-order valence-corrected chi connectivity index (χ2v) is 5.84. The third-order valence-electron chi connectivity index (χ3n) is 4.37. The van der Waals surface area contributed by atoms with Crippen molar-refractivity contribution in [1.29, 1.82) is 0 Å². The lowest BCUT2D eigenvalue weighted by atomic mass is 10.0. The monoisotopic (exact) mass is 284 g/mol. The molecule has 0 radical (unpaired) electrons. The van der Waals surface area contributed by atoms with Gasteiger partial charge in [-0.3, -0.25) is 4.79 Å². The van der Waals surface area contributed by atoms with Crippen molar-refractivity contribution < 1.29 is 19.4 Å². The molecule has 0 aromatic heterocycles. The summed E-state index contributed by atoms with van der Waals surface area (Å²) >= 11 is 0. The number of carboxylic acids is 1. The van der Waals surface area contributed by atoms with Crippen LogP contribution in [0.3, 0.4) is 0 Å². The predicted molar refractivity (Wildman–Crippen MR) is 73.4 cm³/mol. The van der Waals surface area contributed by atoms with E-state index in [1.807, 2.05) is 6.92 Å². The maximum Gasteiger partial charge on any atom is 0.317 e. The molecule has 1 saturated heterocycles. The van der Waals surface area contributed by atoms with E-state index in [4.69, 9.17) is 4.74 Å². The second kappa shape index (κ2) is 6.43. The van der Waals surface area contributed by atoms with Gasteiger partial charge in [-0.15, -0.1) is 0 Å². The van der Waals surface area contributed by atoms with Crippen LogP contribution >= 0.6 is 0 Å². The summed E-state index contributed by atoms with van der Waals surface area (Å²) in [5.41, 5.74) is 0. The van der Waals surface area contributed by atoms with Crippen molar-refractivity contribution in [3.63, 3.8) is 0 Å². The van der Waals surface area contributed by atoms with E-state index in [0.717, 1.165) is 5.92 Å². The number of carbonyl (C=O) groups is 2. The first-order valence-electron chi connectivity index (χ1n) is 7.39. The molecule has 6 heteroatoms. The van der Waals surface area contributed by atoms with Crippen LogP contribution in [-0.4, -0.2) is 54.4 Å². The van der Waals surface area contributed by atoms with Crippen LogP contribution in [-0.2, 0) is 9.53 Å². The number of amides is 2. The number of aliphatic carboxylic acids is 1. The summed E-state index contributed by atoms with van der Waals surface area (Å²) in [5.74, 6) is -0.286. The lowest BCUT2D eigenvalue weighted by Crippen LogP contribution is -2.51. The SMILES string of the molecule is CCN(C(=O)NCC(C)C1CC1)C1COCC1C(=O)O. The summed E-state index contributed by atoms with van der Waals surface area (Å²) in [6.45, 7) is 5.64. The Morgan fingerprint density at radius 3 is 2.65 bits per heavy atom. The van der Waals surface area contributed by atoms with Crippen molar-refractivity contribution in [2.75, 3.05) is 26.3 Å². The average Bonchev–Trinajstić information content (AvgIpc) is 3.15. The number of rotatable bonds is 6. The number of hydrogen-bond acceptors (Lipinski definition) is 3. The molecule has 3 atom stereocenters. The van der Waals surface area contributed by atoms with Gasteiger partial charge in [0.1, 0.15) is 5.92 Å². The fraction of sp³-hybridized carbons (Fsp3) is 0.857. The molecule has 6 nitrogen and oxygen atoms in total. The van der Waals surface area contributed by atoms with Crippen molar-refractivity contribution in [2.24, 2.45) is 17.8 Å². The Morgan fingerprint density at radius 1 is 1.40 bits per heavy atom. The number of hydrogen-bond donors (Lipinski definition) is 2. The first-order valence-corrected chi connectivity index (χ1v) is 7.39. The molecule has 0 aromatic carbocycles. The van der Waals surface area contributed by atoms with Gasteiger partial charge in [-0.05, 0) is 31.6 Å². The largest absolute Gasteiger partial charge is 0.481 e. The van der Waals surface area contributed by atoms with E-state index in [1.165, 1.54) is 12.8 Å². The molecule has 3 unspecified atom stereocenters. The van der Waals surface area contributed by atoms with E-state index >= 15 is 0 Å². The van der Waals surface area contributed by atoms with E-state index in [9.17, 15) is 14.7 Å². The van der Waals surface area contributed by atoms with E-state index in [-0.39, 0.29) is 18.7 Å². The Morgan fingerprint density at radius 2 is 2.10 bits per heavy atom. The van der Waals surface area contributed by atoms with Gasteiger partial charge in [0, 0.05) is 13.1 Å². The molecule has 1 aliphatic carbocycles. The molecule has 2 amide bonds. The molecule has 2 aliphatic rings. The van der Waals surface area contributed by atoms with Gasteiger partial charge >= 0.3 is 12.0 Å². The van der Waals surface area contributed by atoms with Gasteiger partial charge in [-0.25, -0.2) is 4.79 Å². The van der Waals surface area contributed by atoms with E-state index < -0.39 is 11.9 Å². The normalized spacial score (nSPS) is 27.1. The maximum atomic E-state index is 12.2. The van der Waals surface area contributed by atoms with Crippen molar-refractivity contribution in [3.8, 4) is 0 Å². The molecule has 2 fully saturated rings. The number of nitrogens with one attached hydrogen (secondary N) is 1. The number of urea groups is 1. The van der Waals surface area contributed by atoms with Crippen LogP contribution in [0, 0.1) is 17.8 Å². The van der Waals surface area contributed by atoms with Gasteiger partial charge in [0.25, 0.3) is 0 Å². The Kier molecular flexibility index (Phi) is 4.86. The topological polar surface area (TPSA) is 78.9 Å². The zero-order valence-corrected chi connectivity index (χ0v) is 12.2. The Balaban J connectivity index is 1.89. The second-order valence-electron chi connectivity index (χ2n) is 5.84. The highest BCUT2D eigenvalue weighted by atomic mass is 16.5. The molecule has 20 heavy (non-hydrogen) atoms. The molecule has 114 valence electrons. The summed E-state index contributed by atoms with van der Waals surface area (Å²) in [7, 11) is 0. The third kappa shape index (κ3) is 3.42. The standard InChI is InChI=1S/C14H24N2O4/c1-3-16(12-8-20-7-11(12)13(17)18)14(19)15-6-9(2)10-4-5-10/h9-12H,3-8H2,1-2H3,(H,15,19)(H,17,18). The zero-order valence-electron chi connectivity index (χ0n) is 12.2. The highest BCUT2D eigenvalue weighted by molar-refractivity contribution is 5.77. The predicted octanol–water partition coefficient (Wildman–Crippen LogP) is 1.16. The number of likely N-dealkylation sites (N-methyl/N-ethyl adjacent to an activating group) is 1. The van der Waals surface area contributed by atoms with Crippen molar-refractivity contribution in [1.82, 2.24) is 10.2 Å². The molecule has 1 saturated carbocycles. The van der Waals surface area contributed by atoms with Gasteiger partial charge in [-0.2, -0.15) is 0 Å². The lowest BCUT2D eigenvalue weighted by molar-refractivity contribution is -0.142. The van der Waals surface area contributed by atoms with E-state index in [0.29, 0.717) is 25.6 Å². The van der Waals surface area contributed by atoms with Crippen LogP contribution in [0.1, 0.15) is 26.7 Å². The van der Waals surface area contributed by atoms with Crippen LogP contribution in [0.5, 0.6) is 0 Å².